The lowest BCUT2D eigenvalue weighted by atomic mass is 10.2. The summed E-state index contributed by atoms with van der Waals surface area (Å²) in [5, 5.41) is 0. The number of amides is 1. The lowest BCUT2D eigenvalue weighted by Gasteiger charge is -2.16. The van der Waals surface area contributed by atoms with Crippen molar-refractivity contribution in [3.8, 4) is 0 Å². The molecule has 0 saturated carbocycles. The van der Waals surface area contributed by atoms with Crippen LogP contribution in [-0.2, 0) is 16.6 Å². The summed E-state index contributed by atoms with van der Waals surface area (Å²) < 4.78 is 27.7. The van der Waals surface area contributed by atoms with Crippen molar-refractivity contribution in [1.82, 2.24) is 14.6 Å². The molecule has 8 heteroatoms. The summed E-state index contributed by atoms with van der Waals surface area (Å²) in [6, 6.07) is 9.65. The van der Waals surface area contributed by atoms with Crippen molar-refractivity contribution >= 4 is 15.9 Å². The average molecular weight is 374 g/mol. The molecular formula is C18H22N4O3S. The normalized spacial score (nSPS) is 17.5. The maximum absolute atomic E-state index is 12.6. The Bertz CT molecular complexity index is 914. The lowest BCUT2D eigenvalue weighted by molar-refractivity contribution is 0.0790. The molecule has 0 bridgehead atoms. The second kappa shape index (κ2) is 7.53. The highest BCUT2D eigenvalue weighted by atomic mass is 32.2. The van der Waals surface area contributed by atoms with E-state index in [1.54, 1.807) is 29.3 Å². The topological polar surface area (TPSA) is 105 Å². The lowest BCUT2D eigenvalue weighted by Crippen LogP contribution is -2.32. The van der Waals surface area contributed by atoms with Crippen LogP contribution in [0.4, 0.5) is 0 Å². The fourth-order valence-corrected chi connectivity index (χ4v) is 3.99. The van der Waals surface area contributed by atoms with Gasteiger partial charge in [-0.15, -0.1) is 0 Å². The molecule has 1 aliphatic rings. The second-order valence-corrected chi connectivity index (χ2v) is 8.22. The van der Waals surface area contributed by atoms with Gasteiger partial charge in [0, 0.05) is 43.1 Å². The maximum atomic E-state index is 12.6. The highest BCUT2D eigenvalue weighted by molar-refractivity contribution is 7.89. The van der Waals surface area contributed by atoms with Crippen LogP contribution in [0.2, 0.25) is 0 Å². The molecule has 7 nitrogen and oxygen atoms in total. The zero-order valence-electron chi connectivity index (χ0n) is 14.6. The summed E-state index contributed by atoms with van der Waals surface area (Å²) in [6.45, 7) is 3.09. The van der Waals surface area contributed by atoms with Gasteiger partial charge in [-0.1, -0.05) is 6.07 Å². The molecule has 1 aromatic carbocycles. The van der Waals surface area contributed by atoms with E-state index in [9.17, 15) is 13.2 Å². The van der Waals surface area contributed by atoms with E-state index in [2.05, 4.69) is 9.71 Å². The Morgan fingerprint density at radius 3 is 2.85 bits per heavy atom. The molecule has 26 heavy (non-hydrogen) atoms. The summed E-state index contributed by atoms with van der Waals surface area (Å²) in [7, 11) is -3.73. The van der Waals surface area contributed by atoms with E-state index < -0.39 is 10.0 Å². The number of sulfonamides is 1. The van der Waals surface area contributed by atoms with Crippen LogP contribution in [0, 0.1) is 6.92 Å². The third-order valence-corrected chi connectivity index (χ3v) is 5.73. The van der Waals surface area contributed by atoms with Gasteiger partial charge in [-0.2, -0.15) is 0 Å². The summed E-state index contributed by atoms with van der Waals surface area (Å²) in [5.74, 6) is -0.195. The van der Waals surface area contributed by atoms with Crippen LogP contribution < -0.4 is 10.5 Å². The minimum Gasteiger partial charge on any atom is -0.337 e. The van der Waals surface area contributed by atoms with Gasteiger partial charge in [0.15, 0.2) is 0 Å². The Morgan fingerprint density at radius 1 is 1.35 bits per heavy atom. The van der Waals surface area contributed by atoms with E-state index in [1.807, 2.05) is 13.0 Å². The summed E-state index contributed by atoms with van der Waals surface area (Å²) >= 11 is 0. The predicted molar refractivity (Wildman–Crippen MR) is 97.9 cm³/mol. The van der Waals surface area contributed by atoms with Gasteiger partial charge in [0.2, 0.25) is 10.0 Å². The molecule has 1 saturated heterocycles. The average Bonchev–Trinajstić information content (AvgIpc) is 3.06. The minimum atomic E-state index is -3.73. The van der Waals surface area contributed by atoms with E-state index in [0.717, 1.165) is 17.7 Å². The Labute approximate surface area is 153 Å². The Morgan fingerprint density at radius 2 is 2.15 bits per heavy atom. The Kier molecular flexibility index (Phi) is 5.36. The maximum Gasteiger partial charge on any atom is 0.253 e. The van der Waals surface area contributed by atoms with Gasteiger partial charge in [-0.25, -0.2) is 13.1 Å². The number of aromatic nitrogens is 1. The highest BCUT2D eigenvalue weighted by Gasteiger charge is 2.25. The van der Waals surface area contributed by atoms with Crippen LogP contribution in [0.5, 0.6) is 0 Å². The van der Waals surface area contributed by atoms with Gasteiger partial charge >= 0.3 is 0 Å². The van der Waals surface area contributed by atoms with Crippen molar-refractivity contribution in [3.63, 3.8) is 0 Å². The van der Waals surface area contributed by atoms with Gasteiger partial charge in [-0.05, 0) is 49.2 Å². The van der Waals surface area contributed by atoms with E-state index in [4.69, 9.17) is 5.73 Å². The molecule has 1 aliphatic heterocycles. The molecule has 138 valence electrons. The van der Waals surface area contributed by atoms with Crippen LogP contribution >= 0.6 is 0 Å². The first-order chi connectivity index (χ1) is 12.3. The van der Waals surface area contributed by atoms with Gasteiger partial charge in [0.1, 0.15) is 0 Å². The monoisotopic (exact) mass is 374 g/mol. The quantitative estimate of drug-likeness (QED) is 0.814. The van der Waals surface area contributed by atoms with Crippen molar-refractivity contribution in [3.05, 3.63) is 59.4 Å². The number of likely N-dealkylation sites (tertiary alicyclic amines) is 1. The predicted octanol–water partition coefficient (Wildman–Crippen LogP) is 1.04. The molecule has 1 atom stereocenters. The molecule has 2 aromatic rings. The molecule has 1 amide bonds. The molecule has 0 unspecified atom stereocenters. The van der Waals surface area contributed by atoms with E-state index >= 15 is 0 Å². The number of carbonyl (C=O) groups is 1. The van der Waals surface area contributed by atoms with E-state index in [0.29, 0.717) is 18.7 Å². The highest BCUT2D eigenvalue weighted by Crippen LogP contribution is 2.17. The number of carbonyl (C=O) groups excluding carboxylic acids is 1. The number of benzene rings is 1. The third kappa shape index (κ3) is 4.27. The van der Waals surface area contributed by atoms with Crippen molar-refractivity contribution in [1.29, 1.82) is 0 Å². The fraction of sp³-hybridized carbons (Fsp3) is 0.333. The number of pyridine rings is 1. The van der Waals surface area contributed by atoms with Gasteiger partial charge in [0.05, 0.1) is 4.90 Å². The number of nitrogens with zero attached hydrogens (tertiary/aromatic N) is 2. The SMILES string of the molecule is Cc1cc(CNS(=O)(=O)c2cccc(C(=O)N3CC[C@@H](N)C3)c2)ccn1. The smallest absolute Gasteiger partial charge is 0.253 e. The number of aryl methyl sites for hydroxylation is 1. The van der Waals surface area contributed by atoms with Crippen LogP contribution in [0.15, 0.2) is 47.5 Å². The second-order valence-electron chi connectivity index (χ2n) is 6.46. The van der Waals surface area contributed by atoms with Crippen LogP contribution in [-0.4, -0.2) is 43.3 Å². The number of hydrogen-bond acceptors (Lipinski definition) is 5. The first-order valence-corrected chi connectivity index (χ1v) is 9.89. The number of nitrogens with one attached hydrogen (secondary N) is 1. The summed E-state index contributed by atoms with van der Waals surface area (Å²) in [4.78, 5) is 18.3. The molecule has 2 heterocycles. The van der Waals surface area contributed by atoms with Crippen molar-refractivity contribution in [2.75, 3.05) is 13.1 Å². The van der Waals surface area contributed by atoms with Gasteiger partial charge in [-0.3, -0.25) is 9.78 Å². The third-order valence-electron chi connectivity index (χ3n) is 4.33. The molecule has 3 rings (SSSR count). The fourth-order valence-electron chi connectivity index (χ4n) is 2.93. The molecule has 3 N–H and O–H groups in total. The van der Waals surface area contributed by atoms with Crippen LogP contribution in [0.25, 0.3) is 0 Å². The van der Waals surface area contributed by atoms with Crippen molar-refractivity contribution in [2.45, 2.75) is 30.8 Å². The van der Waals surface area contributed by atoms with E-state index in [1.165, 1.54) is 12.1 Å². The van der Waals surface area contributed by atoms with Crippen molar-refractivity contribution < 1.29 is 13.2 Å². The molecule has 1 fully saturated rings. The van der Waals surface area contributed by atoms with E-state index in [-0.39, 0.29) is 23.4 Å². The molecule has 1 aromatic heterocycles. The zero-order valence-corrected chi connectivity index (χ0v) is 15.4. The number of rotatable bonds is 5. The summed E-state index contributed by atoms with van der Waals surface area (Å²) in [6.07, 6.45) is 2.40. The van der Waals surface area contributed by atoms with Gasteiger partial charge < -0.3 is 10.6 Å². The molecule has 0 spiro atoms. The van der Waals surface area contributed by atoms with Gasteiger partial charge in [0.25, 0.3) is 5.91 Å². The molecular weight excluding hydrogens is 352 g/mol. The van der Waals surface area contributed by atoms with Crippen molar-refractivity contribution in [2.24, 2.45) is 5.73 Å². The first-order valence-electron chi connectivity index (χ1n) is 8.41. The largest absolute Gasteiger partial charge is 0.337 e. The standard InChI is InChI=1S/C18H22N4O3S/c1-13-9-14(5-7-20-13)11-21-26(24,25)17-4-2-3-15(10-17)18(23)22-8-6-16(19)12-22/h2-5,7,9-10,16,21H,6,8,11-12,19H2,1H3/t16-/m1/s1. The molecule has 0 aliphatic carbocycles. The zero-order chi connectivity index (χ0) is 18.7. The summed E-state index contributed by atoms with van der Waals surface area (Å²) in [5.41, 5.74) is 7.83. The Balaban J connectivity index is 1.74. The van der Waals surface area contributed by atoms with Crippen LogP contribution in [0.3, 0.4) is 0 Å². The number of hydrogen-bond donors (Lipinski definition) is 2. The molecule has 0 radical (unpaired) electrons. The van der Waals surface area contributed by atoms with Crippen LogP contribution in [0.1, 0.15) is 28.0 Å². The first kappa shape index (κ1) is 18.5. The Hall–Kier alpha value is -2.29. The number of nitrogens with two attached hydrogens (primary N) is 1. The minimum absolute atomic E-state index is 0.0173.